The second kappa shape index (κ2) is 10.7. The summed E-state index contributed by atoms with van der Waals surface area (Å²) >= 11 is 34.0. The maximum atomic E-state index is 2.71. The van der Waals surface area contributed by atoms with Gasteiger partial charge < -0.3 is 0 Å². The highest BCUT2D eigenvalue weighted by atomic mass is 127. The van der Waals surface area contributed by atoms with Crippen LogP contribution in [0.5, 0.6) is 0 Å². The molecule has 0 N–H and O–H groups in total. The summed E-state index contributed by atoms with van der Waals surface area (Å²) in [6.45, 7) is 0. The van der Waals surface area contributed by atoms with E-state index in [1.165, 1.54) is 0 Å². The molecule has 0 nitrogen and oxygen atoms in total. The topological polar surface area (TPSA) is 0 Å². The van der Waals surface area contributed by atoms with Crippen molar-refractivity contribution in [1.29, 1.82) is 0 Å². The fourth-order valence-corrected chi connectivity index (χ4v) is 22.8. The van der Waals surface area contributed by atoms with Crippen LogP contribution in [0.2, 0.25) is 0 Å². The lowest BCUT2D eigenvalue weighted by Gasteiger charge is -2.53. The summed E-state index contributed by atoms with van der Waals surface area (Å²) < 4.78 is 1.10. The van der Waals surface area contributed by atoms with Crippen LogP contribution >= 0.6 is 294 Å². The highest BCUT2D eigenvalue weighted by molar-refractivity contribution is 14.3. The van der Waals surface area contributed by atoms with Crippen LogP contribution in [0.1, 0.15) is 0 Å². The van der Waals surface area contributed by atoms with Gasteiger partial charge in [-0.1, -0.05) is 294 Å². The molecule has 0 bridgehead atoms. The first-order valence-corrected chi connectivity index (χ1v) is 18.2. The van der Waals surface area contributed by atoms with Gasteiger partial charge >= 0.3 is 0 Å². The molecule has 19 heavy (non-hydrogen) atoms. The van der Waals surface area contributed by atoms with E-state index in [4.69, 9.17) is 0 Å². The van der Waals surface area contributed by atoms with Crippen LogP contribution in [0.15, 0.2) is 0 Å². The van der Waals surface area contributed by atoms with Gasteiger partial charge in [-0.05, 0) is 0 Å². The van der Waals surface area contributed by atoms with Crippen LogP contribution in [0, 0.1) is 0 Å². The molecule has 0 saturated heterocycles. The fraction of sp³-hybridized carbons (Fsp3) is 1.00. The van der Waals surface area contributed by atoms with E-state index in [1.54, 1.807) is 0 Å². The highest BCUT2D eigenvalue weighted by Gasteiger charge is 2.71. The highest BCUT2D eigenvalue weighted by Crippen LogP contribution is 2.74. The molecule has 116 valence electrons. The summed E-state index contributed by atoms with van der Waals surface area (Å²) in [4.78, 5) is 0. The van der Waals surface area contributed by atoms with Gasteiger partial charge in [0.05, 0.1) is 1.93 Å². The van der Waals surface area contributed by atoms with Crippen molar-refractivity contribution in [2.75, 3.05) is 0 Å². The second-order valence-electron chi connectivity index (χ2n) is 3.16. The molecule has 0 amide bonds. The van der Waals surface area contributed by atoms with Crippen molar-refractivity contribution in [2.45, 2.75) is 7.08 Å². The molecule has 0 fully saturated rings. The van der Waals surface area contributed by atoms with E-state index >= 15 is 0 Å². The Balaban J connectivity index is 6.13. The average Bonchev–Trinajstić information content (AvgIpc) is 2.11. The van der Waals surface area contributed by atoms with Crippen LogP contribution in [-0.4, -0.2) is 7.08 Å². The third kappa shape index (κ3) is 6.74. The van der Waals surface area contributed by atoms with Crippen LogP contribution in [0.3, 0.4) is 0 Å². The van der Waals surface area contributed by atoms with Crippen molar-refractivity contribution >= 4 is 294 Å². The van der Waals surface area contributed by atoms with Gasteiger partial charge in [-0.25, -0.2) is 0 Å². The third-order valence-corrected chi connectivity index (χ3v) is 35.4. The van der Waals surface area contributed by atoms with Gasteiger partial charge in [0.25, 0.3) is 0 Å². The Hall–Kier alpha value is 9.49. The zero-order valence-corrected chi connectivity index (χ0v) is 36.0. The standard InChI is InChI=1S/C6HI13/c7-1(8)2(9,5(14,15)16)3(10,11)4(12,13)6(17,18)19/h1H. The molecular formula is C6HI13. The second-order valence-corrected chi connectivity index (χ2v) is 42.4. The SMILES string of the molecule is IC(I)C(I)(C(I)(I)I)C(I)(I)C(I)(I)C(I)(I)I. The van der Waals surface area contributed by atoms with Crippen LogP contribution in [0.25, 0.3) is 0 Å². The molecular weight excluding hydrogens is 1720 g/mol. The maximum absolute atomic E-state index is 2.71. The first-order chi connectivity index (χ1) is 7.94. The fourth-order valence-electron chi connectivity index (χ4n) is 0.845. The molecule has 0 aliphatic carbocycles. The lowest BCUT2D eigenvalue weighted by molar-refractivity contribution is 0.696. The van der Waals surface area contributed by atoms with Gasteiger partial charge in [-0.15, -0.1) is 0 Å². The summed E-state index contributed by atoms with van der Waals surface area (Å²) in [6, 6.07) is 0. The Morgan fingerprint density at radius 2 is 0.789 bits per heavy atom. The van der Waals surface area contributed by atoms with Crippen molar-refractivity contribution in [3.8, 4) is 0 Å². The van der Waals surface area contributed by atoms with E-state index in [1.807, 2.05) is 0 Å². The minimum absolute atomic E-state index is 0.0807. The Bertz CT molecular complexity index is 321. The number of alkyl halides is 13. The molecule has 0 aliphatic heterocycles. The monoisotopic (exact) mass is 1720 g/mol. The van der Waals surface area contributed by atoms with Crippen molar-refractivity contribution in [2.24, 2.45) is 0 Å². The van der Waals surface area contributed by atoms with Crippen LogP contribution in [0.4, 0.5) is 0 Å². The quantitative estimate of drug-likeness (QED) is 0.190. The molecule has 0 heterocycles. The van der Waals surface area contributed by atoms with Crippen molar-refractivity contribution in [3.05, 3.63) is 0 Å². The first-order valence-electron chi connectivity index (χ1n) is 3.80. The lowest BCUT2D eigenvalue weighted by Crippen LogP contribution is -2.63. The third-order valence-electron chi connectivity index (χ3n) is 1.92. The largest absolute Gasteiger partial charge is 0.149 e. The molecule has 0 saturated carbocycles. The van der Waals surface area contributed by atoms with Crippen LogP contribution < -0.4 is 0 Å². The molecule has 0 aromatic carbocycles. The Morgan fingerprint density at radius 3 is 0.947 bits per heavy atom. The van der Waals surface area contributed by atoms with Crippen LogP contribution in [-0.2, 0) is 0 Å². The van der Waals surface area contributed by atoms with Crippen molar-refractivity contribution in [1.82, 2.24) is 0 Å². The Kier molecular flexibility index (Phi) is 16.0. The number of hydrogen-bond donors (Lipinski definition) is 0. The molecule has 1 atom stereocenters. The minimum Gasteiger partial charge on any atom is -0.0712 e. The van der Waals surface area contributed by atoms with Gasteiger partial charge in [0, 0.05) is 0 Å². The van der Waals surface area contributed by atoms with E-state index in [2.05, 4.69) is 294 Å². The van der Waals surface area contributed by atoms with Crippen molar-refractivity contribution in [3.63, 3.8) is 0 Å². The van der Waals surface area contributed by atoms with Gasteiger partial charge in [0.2, 0.25) is 0 Å². The Labute approximate surface area is 291 Å². The predicted octanol–water partition coefficient (Wildman–Crippen LogP) is 10.4. The van der Waals surface area contributed by atoms with Gasteiger partial charge in [-0.2, -0.15) is 0 Å². The summed E-state index contributed by atoms with van der Waals surface area (Å²) in [6.07, 6.45) is 0. The maximum Gasteiger partial charge on any atom is 0.149 e. The summed E-state index contributed by atoms with van der Waals surface area (Å²) in [5.41, 5.74) is 0. The summed E-state index contributed by atoms with van der Waals surface area (Å²) in [5, 5.41) is 0. The molecule has 0 aromatic rings. The van der Waals surface area contributed by atoms with E-state index in [9.17, 15) is 0 Å². The zero-order valence-electron chi connectivity index (χ0n) is 7.99. The summed E-state index contributed by atoms with van der Waals surface area (Å²) in [7, 11) is 0. The number of rotatable bonds is 5. The normalized spacial score (nSPS) is 18.6. The average molecular weight is 1720 g/mol. The first kappa shape index (κ1) is 28.5. The van der Waals surface area contributed by atoms with E-state index in [0.29, 0.717) is 1.93 Å². The molecule has 0 spiro atoms. The van der Waals surface area contributed by atoms with E-state index in [0.717, 1.165) is 0 Å². The van der Waals surface area contributed by atoms with Gasteiger partial charge in [0.1, 0.15) is 5.15 Å². The van der Waals surface area contributed by atoms with E-state index in [-0.39, 0.29) is 5.15 Å². The molecule has 0 aromatic heterocycles. The minimum atomic E-state index is 0.0807. The summed E-state index contributed by atoms with van der Waals surface area (Å²) in [5.74, 6) is 0. The molecule has 1 unspecified atom stereocenters. The Morgan fingerprint density at radius 1 is 0.474 bits per heavy atom. The molecule has 0 radical (unpaired) electrons. The zero-order chi connectivity index (χ0) is 16.1. The predicted molar refractivity (Wildman–Crippen MR) is 200 cm³/mol. The van der Waals surface area contributed by atoms with E-state index < -0.39 is 0 Å². The van der Waals surface area contributed by atoms with Gasteiger partial charge in [-0.3, -0.25) is 0 Å². The molecule has 0 rings (SSSR count). The lowest BCUT2D eigenvalue weighted by atomic mass is 10.1. The number of hydrogen-bond acceptors (Lipinski definition) is 0. The molecule has 0 aliphatic rings. The van der Waals surface area contributed by atoms with Gasteiger partial charge in [0.15, 0.2) is 0 Å². The smallest absolute Gasteiger partial charge is 0.0712 e. The van der Waals surface area contributed by atoms with Crippen molar-refractivity contribution < 1.29 is 0 Å². The number of halogens is 13. The molecule has 13 heteroatoms.